The molecule has 0 aliphatic carbocycles. The van der Waals surface area contributed by atoms with Gasteiger partial charge in [0.2, 0.25) is 0 Å². The number of H-pyrrole nitrogens is 1. The van der Waals surface area contributed by atoms with Crippen molar-refractivity contribution < 1.29 is 19.3 Å². The number of cyclic esters (lactones) is 1. The van der Waals surface area contributed by atoms with Gasteiger partial charge in [-0.15, -0.1) is 0 Å². The normalized spacial score (nSPS) is 13.8. The lowest BCUT2D eigenvalue weighted by molar-refractivity contribution is -0.361. The van der Waals surface area contributed by atoms with E-state index in [4.69, 9.17) is 20.9 Å². The molecular weight excluding hydrogens is 396 g/mol. The number of benzene rings is 2. The summed E-state index contributed by atoms with van der Waals surface area (Å²) >= 11 is 0. The predicted molar refractivity (Wildman–Crippen MR) is 119 cm³/mol. The zero-order valence-corrected chi connectivity index (χ0v) is 17.0. The molecule has 0 saturated carbocycles. The van der Waals surface area contributed by atoms with Crippen LogP contribution in [0.1, 0.15) is 0 Å². The van der Waals surface area contributed by atoms with Gasteiger partial charge in [-0.3, -0.25) is 4.90 Å². The molecule has 31 heavy (non-hydrogen) atoms. The number of nitrogen functional groups attached to an aromatic ring is 1. The first kappa shape index (κ1) is 20.0. The van der Waals surface area contributed by atoms with E-state index in [2.05, 4.69) is 15.3 Å². The first-order valence-electron chi connectivity index (χ1n) is 9.64. The van der Waals surface area contributed by atoms with Crippen molar-refractivity contribution in [1.82, 2.24) is 0 Å². The molecule has 1 aliphatic heterocycles. The van der Waals surface area contributed by atoms with Crippen LogP contribution in [-0.2, 0) is 4.74 Å². The number of amides is 1. The second kappa shape index (κ2) is 8.62. The molecular formula is C22H23N6O3+. The summed E-state index contributed by atoms with van der Waals surface area (Å²) in [4.78, 5) is 20.8. The quantitative estimate of drug-likeness (QED) is 0.331. The van der Waals surface area contributed by atoms with E-state index >= 15 is 0 Å². The molecule has 158 valence electrons. The monoisotopic (exact) mass is 419 g/mol. The van der Waals surface area contributed by atoms with Gasteiger partial charge in [-0.1, -0.05) is 12.1 Å². The number of hydrogen-bond donors (Lipinski definition) is 3. The van der Waals surface area contributed by atoms with Crippen LogP contribution in [0.25, 0.3) is 11.1 Å². The van der Waals surface area contributed by atoms with E-state index in [1.807, 2.05) is 42.6 Å². The topological polar surface area (TPSA) is 129 Å². The SMILES string of the molecule is COc1cc(N2CCOC2=O)ccc1NC(N)=Nc1ccc(-c2ccc(N)cc2)c[nH+]1. The lowest BCUT2D eigenvalue weighted by Gasteiger charge is -2.16. The molecule has 1 amide bonds. The highest BCUT2D eigenvalue weighted by Gasteiger charge is 2.24. The number of hydrogen-bond acceptors (Lipinski definition) is 5. The van der Waals surface area contributed by atoms with Crippen molar-refractivity contribution in [1.29, 1.82) is 0 Å². The fourth-order valence-corrected chi connectivity index (χ4v) is 3.22. The molecule has 1 aromatic heterocycles. The van der Waals surface area contributed by atoms with Gasteiger partial charge < -0.3 is 26.3 Å². The van der Waals surface area contributed by atoms with Crippen LogP contribution in [0.2, 0.25) is 0 Å². The Kier molecular flexibility index (Phi) is 5.57. The fourth-order valence-electron chi connectivity index (χ4n) is 3.22. The van der Waals surface area contributed by atoms with E-state index < -0.39 is 0 Å². The highest BCUT2D eigenvalue weighted by molar-refractivity contribution is 5.96. The molecule has 9 nitrogen and oxygen atoms in total. The van der Waals surface area contributed by atoms with Crippen LogP contribution in [0.15, 0.2) is 65.8 Å². The van der Waals surface area contributed by atoms with E-state index in [0.717, 1.165) is 16.8 Å². The molecule has 0 unspecified atom stereocenters. The maximum absolute atomic E-state index is 11.8. The Labute approximate surface area is 179 Å². The molecule has 1 saturated heterocycles. The molecule has 2 aromatic carbocycles. The minimum Gasteiger partial charge on any atom is -0.494 e. The predicted octanol–water partition coefficient (Wildman–Crippen LogP) is 2.77. The molecule has 4 rings (SSSR count). The summed E-state index contributed by atoms with van der Waals surface area (Å²) in [6, 6.07) is 16.7. The van der Waals surface area contributed by atoms with E-state index in [0.29, 0.717) is 36.1 Å². The van der Waals surface area contributed by atoms with Gasteiger partial charge in [-0.25, -0.2) is 9.78 Å². The second-order valence-corrected chi connectivity index (χ2v) is 6.86. The third kappa shape index (κ3) is 4.50. The largest absolute Gasteiger partial charge is 0.494 e. The third-order valence-corrected chi connectivity index (χ3v) is 4.80. The van der Waals surface area contributed by atoms with Crippen LogP contribution < -0.4 is 31.4 Å². The molecule has 6 N–H and O–H groups in total. The van der Waals surface area contributed by atoms with Crippen LogP contribution in [0.4, 0.5) is 27.7 Å². The van der Waals surface area contributed by atoms with Gasteiger partial charge in [-0.05, 0) is 40.9 Å². The van der Waals surface area contributed by atoms with Crippen molar-refractivity contribution in [3.63, 3.8) is 0 Å². The molecule has 9 heteroatoms. The summed E-state index contributed by atoms with van der Waals surface area (Å²) in [6.45, 7) is 0.870. The van der Waals surface area contributed by atoms with Crippen LogP contribution in [0.3, 0.4) is 0 Å². The van der Waals surface area contributed by atoms with Gasteiger partial charge in [0.15, 0.2) is 0 Å². The zero-order valence-electron chi connectivity index (χ0n) is 17.0. The summed E-state index contributed by atoms with van der Waals surface area (Å²) in [6.07, 6.45) is 1.48. The van der Waals surface area contributed by atoms with Gasteiger partial charge in [0.05, 0.1) is 31.2 Å². The van der Waals surface area contributed by atoms with Gasteiger partial charge in [0.1, 0.15) is 12.4 Å². The fraction of sp³-hybridized carbons (Fsp3) is 0.136. The summed E-state index contributed by atoms with van der Waals surface area (Å²) in [7, 11) is 1.55. The number of aromatic amines is 1. The summed E-state index contributed by atoms with van der Waals surface area (Å²) < 4.78 is 10.4. The average molecular weight is 419 g/mol. The van der Waals surface area contributed by atoms with Crippen molar-refractivity contribution >= 4 is 34.9 Å². The zero-order chi connectivity index (χ0) is 21.8. The Hall–Kier alpha value is -4.27. The first-order chi connectivity index (χ1) is 15.0. The number of aromatic nitrogens is 1. The van der Waals surface area contributed by atoms with E-state index in [-0.39, 0.29) is 12.1 Å². The number of nitrogens with one attached hydrogen (secondary N) is 2. The molecule has 0 atom stereocenters. The van der Waals surface area contributed by atoms with Crippen molar-refractivity contribution in [2.45, 2.75) is 0 Å². The highest BCUT2D eigenvalue weighted by atomic mass is 16.6. The van der Waals surface area contributed by atoms with Crippen molar-refractivity contribution in [2.75, 3.05) is 36.2 Å². The molecule has 0 spiro atoms. The number of anilines is 3. The third-order valence-electron chi connectivity index (χ3n) is 4.80. The number of pyridine rings is 1. The van der Waals surface area contributed by atoms with Crippen LogP contribution in [-0.4, -0.2) is 32.3 Å². The Morgan fingerprint density at radius 3 is 2.58 bits per heavy atom. The summed E-state index contributed by atoms with van der Waals surface area (Å²) in [5.74, 6) is 1.29. The van der Waals surface area contributed by atoms with Crippen LogP contribution in [0, 0.1) is 0 Å². The average Bonchev–Trinajstić information content (AvgIpc) is 3.21. The molecule has 3 aromatic rings. The van der Waals surface area contributed by atoms with Gasteiger partial charge in [-0.2, -0.15) is 0 Å². The van der Waals surface area contributed by atoms with E-state index in [1.165, 1.54) is 0 Å². The Bertz CT molecular complexity index is 1110. The Morgan fingerprint density at radius 1 is 1.16 bits per heavy atom. The number of nitrogens with zero attached hydrogens (tertiary/aromatic N) is 2. The number of rotatable bonds is 5. The first-order valence-corrected chi connectivity index (χ1v) is 9.64. The minimum absolute atomic E-state index is 0.183. The van der Waals surface area contributed by atoms with Gasteiger partial charge in [0, 0.05) is 23.4 Å². The molecule has 0 bridgehead atoms. The van der Waals surface area contributed by atoms with E-state index in [9.17, 15) is 4.79 Å². The molecule has 1 fully saturated rings. The standard InChI is InChI=1S/C22H22N6O3/c1-30-19-12-17(28-10-11-31-22(28)29)7-8-18(19)26-21(24)27-20-9-4-15(13-25-20)14-2-5-16(23)6-3-14/h2-9,12-13H,10-11,23H2,1H3,(H3,24,25,26,27)/p+1. The molecule has 0 radical (unpaired) electrons. The number of ether oxygens (including phenoxy) is 2. The van der Waals surface area contributed by atoms with E-state index in [1.54, 1.807) is 30.2 Å². The number of nitrogens with two attached hydrogens (primary N) is 2. The number of carbonyl (C=O) groups excluding carboxylic acids is 1. The number of carbonyl (C=O) groups is 1. The van der Waals surface area contributed by atoms with Gasteiger partial charge >= 0.3 is 17.9 Å². The smallest absolute Gasteiger partial charge is 0.414 e. The maximum atomic E-state index is 11.8. The van der Waals surface area contributed by atoms with Crippen molar-refractivity contribution in [3.8, 4) is 16.9 Å². The Morgan fingerprint density at radius 2 is 1.94 bits per heavy atom. The number of guanidine groups is 1. The number of aliphatic imine (C=N–C) groups is 1. The van der Waals surface area contributed by atoms with Crippen molar-refractivity contribution in [3.05, 3.63) is 60.8 Å². The minimum atomic E-state index is -0.373. The highest BCUT2D eigenvalue weighted by Crippen LogP contribution is 2.31. The lowest BCUT2D eigenvalue weighted by Crippen LogP contribution is -2.24. The van der Waals surface area contributed by atoms with Crippen LogP contribution in [0.5, 0.6) is 5.75 Å². The molecule has 1 aliphatic rings. The molecule has 2 heterocycles. The lowest BCUT2D eigenvalue weighted by atomic mass is 10.1. The van der Waals surface area contributed by atoms with Crippen LogP contribution >= 0.6 is 0 Å². The number of methoxy groups -OCH3 is 1. The summed E-state index contributed by atoms with van der Waals surface area (Å²) in [5.41, 5.74) is 15.9. The van der Waals surface area contributed by atoms with Crippen molar-refractivity contribution in [2.24, 2.45) is 10.7 Å². The summed E-state index contributed by atoms with van der Waals surface area (Å²) in [5, 5.41) is 3.03. The second-order valence-electron chi connectivity index (χ2n) is 6.86. The van der Waals surface area contributed by atoms with Gasteiger partial charge in [0.25, 0.3) is 0 Å². The maximum Gasteiger partial charge on any atom is 0.414 e. The Balaban J connectivity index is 1.49.